The number of phenolic OH excluding ortho intramolecular Hbond substituents is 1. The van der Waals surface area contributed by atoms with Gasteiger partial charge in [0.05, 0.1) is 0 Å². The van der Waals surface area contributed by atoms with Crippen LogP contribution < -0.4 is 4.74 Å². The molecule has 2 aromatic rings. The molecule has 0 aliphatic rings. The highest BCUT2D eigenvalue weighted by Crippen LogP contribution is 2.16. The summed E-state index contributed by atoms with van der Waals surface area (Å²) in [5.74, 6) is 1.12. The lowest BCUT2D eigenvalue weighted by Gasteiger charge is -2.17. The molecule has 3 nitrogen and oxygen atoms in total. The zero-order valence-corrected chi connectivity index (χ0v) is 14.4. The number of para-hydroxylation sites is 1. The van der Waals surface area contributed by atoms with Crippen molar-refractivity contribution in [1.29, 1.82) is 0 Å². The lowest BCUT2D eigenvalue weighted by molar-refractivity contribution is -0.0766. The summed E-state index contributed by atoms with van der Waals surface area (Å²) in [7, 11) is 0. The fourth-order valence-corrected chi connectivity index (χ4v) is 1.92. The van der Waals surface area contributed by atoms with Gasteiger partial charge in [-0.3, -0.25) is 0 Å². The van der Waals surface area contributed by atoms with Crippen LogP contribution in [-0.4, -0.2) is 18.0 Å². The lowest BCUT2D eigenvalue weighted by atomic mass is 10.2. The zero-order valence-electron chi connectivity index (χ0n) is 14.4. The third-order valence-electron chi connectivity index (χ3n) is 3.23. The highest BCUT2D eigenvalue weighted by molar-refractivity contribution is 5.54. The van der Waals surface area contributed by atoms with Gasteiger partial charge in [0.15, 0.2) is 6.29 Å². The Morgan fingerprint density at radius 1 is 1.00 bits per heavy atom. The van der Waals surface area contributed by atoms with Crippen molar-refractivity contribution in [2.45, 2.75) is 26.6 Å². The van der Waals surface area contributed by atoms with Gasteiger partial charge in [0.25, 0.3) is 0 Å². The molecule has 2 rings (SSSR count). The van der Waals surface area contributed by atoms with Crippen LogP contribution in [0.5, 0.6) is 11.5 Å². The maximum atomic E-state index is 9.04. The summed E-state index contributed by atoms with van der Waals surface area (Å²) in [6, 6.07) is 14.9. The van der Waals surface area contributed by atoms with Crippen molar-refractivity contribution < 1.29 is 14.6 Å². The van der Waals surface area contributed by atoms with Gasteiger partial charge < -0.3 is 14.6 Å². The molecule has 0 fully saturated rings. The smallest absolute Gasteiger partial charge is 0.199 e. The molecule has 24 heavy (non-hydrogen) atoms. The first-order chi connectivity index (χ1) is 11.6. The van der Waals surface area contributed by atoms with E-state index >= 15 is 0 Å². The normalized spacial score (nSPS) is 10.9. The Hall–Kier alpha value is -2.52. The summed E-state index contributed by atoms with van der Waals surface area (Å²) in [4.78, 5) is 0. The molecule has 1 atom stereocenters. The molecule has 0 bridgehead atoms. The highest BCUT2D eigenvalue weighted by Gasteiger charge is 2.06. The van der Waals surface area contributed by atoms with Crippen LogP contribution in [-0.2, 0) is 4.74 Å². The first kappa shape index (κ1) is 19.5. The van der Waals surface area contributed by atoms with Gasteiger partial charge in [0.1, 0.15) is 11.5 Å². The van der Waals surface area contributed by atoms with E-state index in [4.69, 9.17) is 14.6 Å². The van der Waals surface area contributed by atoms with E-state index in [1.54, 1.807) is 18.2 Å². The Labute approximate surface area is 144 Å². The quantitative estimate of drug-likeness (QED) is 0.681. The first-order valence-corrected chi connectivity index (χ1v) is 8.05. The van der Waals surface area contributed by atoms with E-state index in [0.717, 1.165) is 23.3 Å². The average molecular weight is 326 g/mol. The van der Waals surface area contributed by atoms with Crippen LogP contribution in [0.25, 0.3) is 12.2 Å². The molecular formula is C21H26O3. The van der Waals surface area contributed by atoms with E-state index in [2.05, 4.69) is 13.2 Å². The predicted molar refractivity (Wildman–Crippen MR) is 101 cm³/mol. The number of benzene rings is 2. The molecular weight excluding hydrogens is 300 g/mol. The van der Waals surface area contributed by atoms with Crippen molar-refractivity contribution >= 4 is 12.2 Å². The van der Waals surface area contributed by atoms with E-state index in [0.29, 0.717) is 6.61 Å². The zero-order chi connectivity index (χ0) is 17.8. The SMILES string of the molecule is C=Cc1ccc(OC(CC)OCC)cc1.C=Cc1ccccc1O. The maximum absolute atomic E-state index is 9.04. The molecule has 128 valence electrons. The topological polar surface area (TPSA) is 38.7 Å². The van der Waals surface area contributed by atoms with Gasteiger partial charge in [0, 0.05) is 18.6 Å². The van der Waals surface area contributed by atoms with Crippen molar-refractivity contribution in [3.63, 3.8) is 0 Å². The van der Waals surface area contributed by atoms with Crippen LogP contribution >= 0.6 is 0 Å². The fraction of sp³-hybridized carbons (Fsp3) is 0.238. The molecule has 1 N–H and O–H groups in total. The van der Waals surface area contributed by atoms with Gasteiger partial charge in [-0.1, -0.05) is 62.6 Å². The molecule has 1 unspecified atom stereocenters. The summed E-state index contributed by atoms with van der Waals surface area (Å²) < 4.78 is 11.1. The molecule has 0 heterocycles. The van der Waals surface area contributed by atoms with Crippen molar-refractivity contribution in [2.24, 2.45) is 0 Å². The first-order valence-electron chi connectivity index (χ1n) is 8.05. The average Bonchev–Trinajstić information content (AvgIpc) is 2.63. The Morgan fingerprint density at radius 3 is 2.12 bits per heavy atom. The van der Waals surface area contributed by atoms with Crippen LogP contribution in [0.4, 0.5) is 0 Å². The maximum Gasteiger partial charge on any atom is 0.199 e. The molecule has 0 radical (unpaired) electrons. The number of hydrogen-bond donors (Lipinski definition) is 1. The van der Waals surface area contributed by atoms with Crippen LogP contribution in [0.15, 0.2) is 61.7 Å². The molecule has 0 aliphatic carbocycles. The number of ether oxygens (including phenoxy) is 2. The molecule has 3 heteroatoms. The second-order valence-electron chi connectivity index (χ2n) is 4.95. The van der Waals surface area contributed by atoms with Crippen molar-refractivity contribution in [3.8, 4) is 11.5 Å². The summed E-state index contributed by atoms with van der Waals surface area (Å²) in [5, 5.41) is 9.04. The Kier molecular flexibility index (Phi) is 9.02. The standard InChI is InChI=1S/C13H18O2.C8H8O/c1-4-11-7-9-12(10-8-11)15-13(5-2)14-6-3;1-2-7-5-3-4-6-8(7)9/h4,7-10,13H,1,5-6H2,2-3H3;2-6,9H,1H2. The highest BCUT2D eigenvalue weighted by atomic mass is 16.7. The van der Waals surface area contributed by atoms with Gasteiger partial charge >= 0.3 is 0 Å². The minimum atomic E-state index is -0.149. The van der Waals surface area contributed by atoms with Gasteiger partial charge in [-0.2, -0.15) is 0 Å². The van der Waals surface area contributed by atoms with E-state index in [9.17, 15) is 0 Å². The minimum absolute atomic E-state index is 0.149. The number of phenols is 1. The Bertz CT molecular complexity index is 617. The summed E-state index contributed by atoms with van der Waals surface area (Å²) in [5.41, 5.74) is 1.87. The van der Waals surface area contributed by atoms with Crippen LogP contribution in [0.3, 0.4) is 0 Å². The number of hydrogen-bond acceptors (Lipinski definition) is 3. The van der Waals surface area contributed by atoms with Crippen LogP contribution in [0.2, 0.25) is 0 Å². The molecule has 0 aromatic heterocycles. The van der Waals surface area contributed by atoms with Crippen molar-refractivity contribution in [1.82, 2.24) is 0 Å². The van der Waals surface area contributed by atoms with Gasteiger partial charge in [-0.15, -0.1) is 0 Å². The monoisotopic (exact) mass is 326 g/mol. The lowest BCUT2D eigenvalue weighted by Crippen LogP contribution is -2.19. The van der Waals surface area contributed by atoms with Gasteiger partial charge in [-0.25, -0.2) is 0 Å². The summed E-state index contributed by atoms with van der Waals surface area (Å²) in [6.07, 6.45) is 4.13. The van der Waals surface area contributed by atoms with Gasteiger partial charge in [-0.05, 0) is 30.7 Å². The number of rotatable bonds is 7. The summed E-state index contributed by atoms with van der Waals surface area (Å²) >= 11 is 0. The predicted octanol–water partition coefficient (Wildman–Crippen LogP) is 5.52. The molecule has 0 spiro atoms. The van der Waals surface area contributed by atoms with E-state index in [-0.39, 0.29) is 12.0 Å². The van der Waals surface area contributed by atoms with Crippen LogP contribution in [0, 0.1) is 0 Å². The van der Waals surface area contributed by atoms with E-state index in [1.807, 2.05) is 56.3 Å². The molecule has 0 amide bonds. The van der Waals surface area contributed by atoms with Crippen molar-refractivity contribution in [2.75, 3.05) is 6.61 Å². The van der Waals surface area contributed by atoms with Crippen molar-refractivity contribution in [3.05, 3.63) is 72.8 Å². The molecule has 2 aromatic carbocycles. The second-order valence-corrected chi connectivity index (χ2v) is 4.95. The molecule has 0 saturated carbocycles. The molecule has 0 saturated heterocycles. The largest absolute Gasteiger partial charge is 0.507 e. The third kappa shape index (κ3) is 6.71. The minimum Gasteiger partial charge on any atom is -0.507 e. The van der Waals surface area contributed by atoms with Gasteiger partial charge in [0.2, 0.25) is 0 Å². The third-order valence-corrected chi connectivity index (χ3v) is 3.23. The Morgan fingerprint density at radius 2 is 1.67 bits per heavy atom. The van der Waals surface area contributed by atoms with E-state index in [1.165, 1.54) is 0 Å². The fourth-order valence-electron chi connectivity index (χ4n) is 1.92. The Balaban J connectivity index is 0.000000272. The summed E-state index contributed by atoms with van der Waals surface area (Å²) in [6.45, 7) is 11.9. The van der Waals surface area contributed by atoms with Crippen LogP contribution in [0.1, 0.15) is 31.4 Å². The van der Waals surface area contributed by atoms with E-state index < -0.39 is 0 Å². The molecule has 0 aliphatic heterocycles. The number of aromatic hydroxyl groups is 1. The second kappa shape index (κ2) is 11.1.